The van der Waals surface area contributed by atoms with E-state index in [0.29, 0.717) is 5.70 Å². The van der Waals surface area contributed by atoms with Crippen LogP contribution in [0.3, 0.4) is 0 Å². The van der Waals surface area contributed by atoms with Crippen molar-refractivity contribution in [2.75, 3.05) is 0 Å². The molecule has 1 heterocycles. The highest BCUT2D eigenvalue weighted by Crippen LogP contribution is 2.13. The van der Waals surface area contributed by atoms with Gasteiger partial charge in [-0.2, -0.15) is 0 Å². The van der Waals surface area contributed by atoms with Gasteiger partial charge in [0.05, 0.1) is 16.9 Å². The first kappa shape index (κ1) is 11.2. The molecule has 2 nitrogen and oxygen atoms in total. The van der Waals surface area contributed by atoms with Crippen LogP contribution in [-0.2, 0) is 0 Å². The molecule has 2 heteroatoms. The van der Waals surface area contributed by atoms with Crippen molar-refractivity contribution in [1.82, 2.24) is 4.98 Å². The van der Waals surface area contributed by atoms with E-state index >= 15 is 0 Å². The van der Waals surface area contributed by atoms with Crippen molar-refractivity contribution in [3.63, 3.8) is 0 Å². The second-order valence-electron chi connectivity index (χ2n) is 2.91. The minimum absolute atomic E-state index is 0.505. The average molecular weight is 200 g/mol. The first-order valence-electron chi connectivity index (χ1n) is 5.08. The van der Waals surface area contributed by atoms with Gasteiger partial charge in [0.1, 0.15) is 0 Å². The molecule has 0 aliphatic rings. The molecule has 2 aromatic rings. The van der Waals surface area contributed by atoms with Crippen LogP contribution in [0, 0.1) is 0 Å². The van der Waals surface area contributed by atoms with Gasteiger partial charge in [0, 0.05) is 5.39 Å². The number of aromatic nitrogens is 1. The normalized spacial score (nSPS) is 9.20. The molecule has 2 rings (SSSR count). The summed E-state index contributed by atoms with van der Waals surface area (Å²) in [5.41, 5.74) is 7.75. The number of benzene rings is 1. The predicted octanol–water partition coefficient (Wildman–Crippen LogP) is 3.19. The Morgan fingerprint density at radius 3 is 2.47 bits per heavy atom. The van der Waals surface area contributed by atoms with Gasteiger partial charge in [-0.1, -0.05) is 44.7 Å². The zero-order valence-electron chi connectivity index (χ0n) is 9.20. The number of nitrogens with zero attached hydrogens (tertiary/aromatic N) is 1. The van der Waals surface area contributed by atoms with E-state index in [1.807, 2.05) is 50.2 Å². The minimum atomic E-state index is 0.505. The minimum Gasteiger partial charge on any atom is -0.397 e. The van der Waals surface area contributed by atoms with Crippen molar-refractivity contribution in [1.29, 1.82) is 0 Å². The molecule has 0 fully saturated rings. The van der Waals surface area contributed by atoms with Gasteiger partial charge < -0.3 is 5.73 Å². The van der Waals surface area contributed by atoms with E-state index in [1.165, 1.54) is 0 Å². The maximum Gasteiger partial charge on any atom is 0.0860 e. The van der Waals surface area contributed by atoms with Gasteiger partial charge in [-0.3, -0.25) is 0 Å². The van der Waals surface area contributed by atoms with Crippen molar-refractivity contribution in [2.24, 2.45) is 5.73 Å². The number of fused-ring (bicyclic) bond motifs is 1. The third kappa shape index (κ3) is 2.56. The first-order chi connectivity index (χ1) is 7.27. The Morgan fingerprint density at radius 2 is 1.80 bits per heavy atom. The van der Waals surface area contributed by atoms with Crippen LogP contribution in [0.4, 0.5) is 0 Å². The molecule has 2 N–H and O–H groups in total. The van der Waals surface area contributed by atoms with Gasteiger partial charge in [-0.15, -0.1) is 0 Å². The number of rotatable bonds is 1. The molecule has 0 saturated heterocycles. The van der Waals surface area contributed by atoms with E-state index in [9.17, 15) is 0 Å². The zero-order valence-corrected chi connectivity index (χ0v) is 9.20. The summed E-state index contributed by atoms with van der Waals surface area (Å²) in [6.45, 7) is 7.65. The summed E-state index contributed by atoms with van der Waals surface area (Å²) in [6.07, 6.45) is 0. The van der Waals surface area contributed by atoms with Crippen LogP contribution in [0.2, 0.25) is 0 Å². The third-order valence-electron chi connectivity index (χ3n) is 1.93. The Hall–Kier alpha value is -1.83. The van der Waals surface area contributed by atoms with E-state index in [1.54, 1.807) is 0 Å². The predicted molar refractivity (Wildman–Crippen MR) is 66.3 cm³/mol. The summed E-state index contributed by atoms with van der Waals surface area (Å²) >= 11 is 0. The fourth-order valence-electron chi connectivity index (χ4n) is 1.24. The molecule has 78 valence electrons. The van der Waals surface area contributed by atoms with Crippen molar-refractivity contribution >= 4 is 16.6 Å². The standard InChI is InChI=1S/C11H10N2.C2H6/c1-8(12)10-7-6-9-4-2-3-5-11(9)13-10;1-2/h2-7H,1,12H2;1-2H3. The van der Waals surface area contributed by atoms with Crippen molar-refractivity contribution in [2.45, 2.75) is 13.8 Å². The SMILES string of the molecule is C=C(N)c1ccc2ccccc2n1.CC. The lowest BCUT2D eigenvalue weighted by atomic mass is 10.2. The Labute approximate surface area is 90.4 Å². The lowest BCUT2D eigenvalue weighted by molar-refractivity contribution is 1.32. The maximum absolute atomic E-state index is 5.55. The molecule has 15 heavy (non-hydrogen) atoms. The summed E-state index contributed by atoms with van der Waals surface area (Å²) in [5, 5.41) is 1.12. The van der Waals surface area contributed by atoms with E-state index in [2.05, 4.69) is 11.6 Å². The number of nitrogens with two attached hydrogens (primary N) is 1. The van der Waals surface area contributed by atoms with Gasteiger partial charge in [0.2, 0.25) is 0 Å². The van der Waals surface area contributed by atoms with Crippen molar-refractivity contribution in [3.05, 3.63) is 48.7 Å². The van der Waals surface area contributed by atoms with Crippen LogP contribution in [0.1, 0.15) is 19.5 Å². The number of para-hydroxylation sites is 1. The Morgan fingerprint density at radius 1 is 1.13 bits per heavy atom. The molecular weight excluding hydrogens is 184 g/mol. The monoisotopic (exact) mass is 200 g/mol. The molecular formula is C13H16N2. The van der Waals surface area contributed by atoms with Crippen LogP contribution >= 0.6 is 0 Å². The zero-order chi connectivity index (χ0) is 11.3. The summed E-state index contributed by atoms with van der Waals surface area (Å²) in [7, 11) is 0. The van der Waals surface area contributed by atoms with Crippen LogP contribution in [0.5, 0.6) is 0 Å². The molecule has 0 radical (unpaired) electrons. The van der Waals surface area contributed by atoms with Crippen LogP contribution in [-0.4, -0.2) is 4.98 Å². The van der Waals surface area contributed by atoms with E-state index in [4.69, 9.17) is 5.73 Å². The fraction of sp³-hybridized carbons (Fsp3) is 0.154. The van der Waals surface area contributed by atoms with Crippen molar-refractivity contribution in [3.8, 4) is 0 Å². The quantitative estimate of drug-likeness (QED) is 0.767. The molecule has 0 atom stereocenters. The highest BCUT2D eigenvalue weighted by Gasteiger charge is 1.97. The largest absolute Gasteiger partial charge is 0.397 e. The molecule has 1 aromatic carbocycles. The second-order valence-corrected chi connectivity index (χ2v) is 2.91. The Bertz CT molecular complexity index is 461. The van der Waals surface area contributed by atoms with Gasteiger partial charge in [-0.25, -0.2) is 4.98 Å². The second kappa shape index (κ2) is 5.15. The van der Waals surface area contributed by atoms with E-state index < -0.39 is 0 Å². The molecule has 0 bridgehead atoms. The Balaban J connectivity index is 0.000000531. The van der Waals surface area contributed by atoms with E-state index in [-0.39, 0.29) is 0 Å². The van der Waals surface area contributed by atoms with E-state index in [0.717, 1.165) is 16.6 Å². The van der Waals surface area contributed by atoms with Crippen molar-refractivity contribution < 1.29 is 0 Å². The number of pyridine rings is 1. The van der Waals surface area contributed by atoms with Gasteiger partial charge >= 0.3 is 0 Å². The molecule has 0 aliphatic heterocycles. The molecule has 1 aromatic heterocycles. The third-order valence-corrected chi connectivity index (χ3v) is 1.93. The molecule has 0 saturated carbocycles. The average Bonchev–Trinajstić information content (AvgIpc) is 2.31. The summed E-state index contributed by atoms with van der Waals surface area (Å²) in [4.78, 5) is 4.35. The Kier molecular flexibility index (Phi) is 3.86. The summed E-state index contributed by atoms with van der Waals surface area (Å²) in [6, 6.07) is 11.8. The smallest absolute Gasteiger partial charge is 0.0860 e. The van der Waals surface area contributed by atoms with Crippen LogP contribution in [0.25, 0.3) is 16.6 Å². The lowest BCUT2D eigenvalue weighted by Gasteiger charge is -2.00. The lowest BCUT2D eigenvalue weighted by Crippen LogP contribution is -1.96. The first-order valence-corrected chi connectivity index (χ1v) is 5.08. The molecule has 0 amide bonds. The topological polar surface area (TPSA) is 38.9 Å². The van der Waals surface area contributed by atoms with Crippen LogP contribution in [0.15, 0.2) is 43.0 Å². The van der Waals surface area contributed by atoms with Crippen LogP contribution < -0.4 is 5.73 Å². The highest BCUT2D eigenvalue weighted by molar-refractivity contribution is 5.80. The molecule has 0 unspecified atom stereocenters. The fourth-order valence-corrected chi connectivity index (χ4v) is 1.24. The van der Waals surface area contributed by atoms with Gasteiger partial charge in [-0.05, 0) is 12.1 Å². The maximum atomic E-state index is 5.55. The highest BCUT2D eigenvalue weighted by atomic mass is 14.7. The number of hydrogen-bond acceptors (Lipinski definition) is 2. The molecule has 0 aliphatic carbocycles. The molecule has 0 spiro atoms. The van der Waals surface area contributed by atoms with Gasteiger partial charge in [0.15, 0.2) is 0 Å². The summed E-state index contributed by atoms with van der Waals surface area (Å²) in [5.74, 6) is 0. The van der Waals surface area contributed by atoms with Gasteiger partial charge in [0.25, 0.3) is 0 Å². The number of hydrogen-bond donors (Lipinski definition) is 1. The summed E-state index contributed by atoms with van der Waals surface area (Å²) < 4.78 is 0.